The summed E-state index contributed by atoms with van der Waals surface area (Å²) in [6.45, 7) is 7.23. The van der Waals surface area contributed by atoms with Crippen molar-refractivity contribution >= 4 is 23.3 Å². The van der Waals surface area contributed by atoms with E-state index in [9.17, 15) is 10.1 Å². The van der Waals surface area contributed by atoms with E-state index < -0.39 is 0 Å². The van der Waals surface area contributed by atoms with Gasteiger partial charge in [-0.15, -0.1) is 10.2 Å². The molecule has 1 aliphatic heterocycles. The van der Waals surface area contributed by atoms with Crippen molar-refractivity contribution in [1.82, 2.24) is 24.5 Å². The molecule has 7 nitrogen and oxygen atoms in total. The van der Waals surface area contributed by atoms with Crippen molar-refractivity contribution in [2.75, 3.05) is 18.8 Å². The van der Waals surface area contributed by atoms with Crippen molar-refractivity contribution in [2.24, 2.45) is 0 Å². The topological polar surface area (TPSA) is 87.2 Å². The summed E-state index contributed by atoms with van der Waals surface area (Å²) in [4.78, 5) is 19.4. The number of pyridine rings is 2. The number of piperidine rings is 1. The van der Waals surface area contributed by atoms with E-state index in [1.165, 1.54) is 11.8 Å². The number of aromatic nitrogens is 4. The highest BCUT2D eigenvalue weighted by Crippen LogP contribution is 2.29. The Bertz CT molecular complexity index is 1150. The molecule has 154 valence electrons. The highest BCUT2D eigenvalue weighted by atomic mass is 32.2. The number of carbonyl (C=O) groups is 1. The molecule has 0 spiro atoms. The Kier molecular flexibility index (Phi) is 5.73. The zero-order valence-electron chi connectivity index (χ0n) is 17.4. The minimum absolute atomic E-state index is 0.0695. The molecule has 1 fully saturated rings. The van der Waals surface area contributed by atoms with Gasteiger partial charge in [0.25, 0.3) is 0 Å². The van der Waals surface area contributed by atoms with Crippen LogP contribution in [0.1, 0.15) is 47.0 Å². The number of nitriles is 1. The summed E-state index contributed by atoms with van der Waals surface area (Å²) in [5.41, 5.74) is 4.27. The summed E-state index contributed by atoms with van der Waals surface area (Å²) < 4.78 is 2.01. The van der Waals surface area contributed by atoms with Gasteiger partial charge < -0.3 is 4.90 Å². The van der Waals surface area contributed by atoms with E-state index in [2.05, 4.69) is 21.3 Å². The molecule has 3 aromatic rings. The standard InChI is InChI=1S/C22H24N6OS/c1-14-15(2)18(11-23)22(24-16(14)3)30-13-20(29)27-9-6-7-17(12-27)21-26-25-19-8-4-5-10-28(19)21/h4-5,8,10,17H,6-7,9,12-13H2,1-3H3. The normalized spacial score (nSPS) is 16.6. The molecule has 3 aromatic heterocycles. The lowest BCUT2D eigenvalue weighted by Gasteiger charge is -2.32. The smallest absolute Gasteiger partial charge is 0.233 e. The van der Waals surface area contributed by atoms with E-state index in [0.29, 0.717) is 17.1 Å². The van der Waals surface area contributed by atoms with Gasteiger partial charge >= 0.3 is 0 Å². The van der Waals surface area contributed by atoms with Crippen molar-refractivity contribution < 1.29 is 4.79 Å². The molecule has 30 heavy (non-hydrogen) atoms. The van der Waals surface area contributed by atoms with Crippen molar-refractivity contribution in [3.63, 3.8) is 0 Å². The van der Waals surface area contributed by atoms with Gasteiger partial charge in [0, 0.05) is 30.9 Å². The Hall–Kier alpha value is -2.92. The Morgan fingerprint density at radius 1 is 1.27 bits per heavy atom. The lowest BCUT2D eigenvalue weighted by atomic mass is 9.97. The first-order valence-corrected chi connectivity index (χ1v) is 11.1. The van der Waals surface area contributed by atoms with Crippen LogP contribution in [0.25, 0.3) is 5.65 Å². The zero-order valence-corrected chi connectivity index (χ0v) is 18.2. The zero-order chi connectivity index (χ0) is 21.3. The van der Waals surface area contributed by atoms with Crippen LogP contribution in [0.5, 0.6) is 0 Å². The summed E-state index contributed by atoms with van der Waals surface area (Å²) in [5.74, 6) is 1.42. The summed E-state index contributed by atoms with van der Waals surface area (Å²) in [6.07, 6.45) is 3.90. The second-order valence-corrected chi connectivity index (χ2v) is 8.66. The van der Waals surface area contributed by atoms with Gasteiger partial charge in [0.15, 0.2) is 5.65 Å². The SMILES string of the molecule is Cc1nc(SCC(=O)N2CCCC(c3nnc4ccccn34)C2)c(C#N)c(C)c1C. The first-order valence-electron chi connectivity index (χ1n) is 10.1. The summed E-state index contributed by atoms with van der Waals surface area (Å²) in [6, 6.07) is 8.10. The van der Waals surface area contributed by atoms with Gasteiger partial charge in [0.1, 0.15) is 16.9 Å². The Morgan fingerprint density at radius 3 is 2.90 bits per heavy atom. The molecule has 1 unspecified atom stereocenters. The Labute approximate surface area is 180 Å². The number of thioether (sulfide) groups is 1. The quantitative estimate of drug-likeness (QED) is 0.601. The maximum Gasteiger partial charge on any atom is 0.233 e. The molecule has 0 N–H and O–H groups in total. The molecule has 4 heterocycles. The molecule has 0 bridgehead atoms. The number of amides is 1. The average molecular weight is 421 g/mol. The molecule has 8 heteroatoms. The van der Waals surface area contributed by atoms with Crippen LogP contribution in [0.4, 0.5) is 0 Å². The largest absolute Gasteiger partial charge is 0.341 e. The Balaban J connectivity index is 1.46. The summed E-state index contributed by atoms with van der Waals surface area (Å²) in [7, 11) is 0. The molecule has 0 saturated carbocycles. The number of hydrogen-bond donors (Lipinski definition) is 0. The maximum atomic E-state index is 12.9. The first kappa shape index (κ1) is 20.4. The third-order valence-electron chi connectivity index (χ3n) is 5.89. The second kappa shape index (κ2) is 8.44. The highest BCUT2D eigenvalue weighted by molar-refractivity contribution is 8.00. The van der Waals surface area contributed by atoms with Crippen LogP contribution in [0.15, 0.2) is 29.4 Å². The number of fused-ring (bicyclic) bond motifs is 1. The van der Waals surface area contributed by atoms with Crippen LogP contribution in [0.2, 0.25) is 0 Å². The van der Waals surface area contributed by atoms with Crippen LogP contribution in [0.3, 0.4) is 0 Å². The van der Waals surface area contributed by atoms with Crippen LogP contribution < -0.4 is 0 Å². The first-order chi connectivity index (χ1) is 14.5. The maximum absolute atomic E-state index is 12.9. The van der Waals surface area contributed by atoms with Crippen LogP contribution in [-0.2, 0) is 4.79 Å². The molecule has 0 aliphatic carbocycles. The molecular formula is C22H24N6OS. The minimum atomic E-state index is 0.0695. The van der Waals surface area contributed by atoms with E-state index in [1.54, 1.807) is 0 Å². The van der Waals surface area contributed by atoms with E-state index >= 15 is 0 Å². The van der Waals surface area contributed by atoms with E-state index in [0.717, 1.165) is 47.7 Å². The predicted molar refractivity (Wildman–Crippen MR) is 115 cm³/mol. The van der Waals surface area contributed by atoms with Gasteiger partial charge in [0.05, 0.1) is 11.3 Å². The molecular weight excluding hydrogens is 396 g/mol. The lowest BCUT2D eigenvalue weighted by molar-refractivity contribution is -0.129. The third kappa shape index (κ3) is 3.77. The van der Waals surface area contributed by atoms with Crippen LogP contribution in [0, 0.1) is 32.1 Å². The van der Waals surface area contributed by atoms with Gasteiger partial charge in [-0.25, -0.2) is 4.98 Å². The van der Waals surface area contributed by atoms with Crippen molar-refractivity contribution in [2.45, 2.75) is 44.6 Å². The molecule has 1 aliphatic rings. The monoisotopic (exact) mass is 420 g/mol. The van der Waals surface area contributed by atoms with Gasteiger partial charge in [-0.2, -0.15) is 5.26 Å². The number of hydrogen-bond acceptors (Lipinski definition) is 6. The molecule has 1 atom stereocenters. The molecule has 0 aromatic carbocycles. The van der Waals surface area contributed by atoms with Crippen molar-refractivity contribution in [1.29, 1.82) is 5.26 Å². The fraction of sp³-hybridized carbons (Fsp3) is 0.409. The number of aryl methyl sites for hydroxylation is 1. The van der Waals surface area contributed by atoms with Gasteiger partial charge in [-0.3, -0.25) is 9.20 Å². The minimum Gasteiger partial charge on any atom is -0.341 e. The lowest BCUT2D eigenvalue weighted by Crippen LogP contribution is -2.40. The van der Waals surface area contributed by atoms with Crippen LogP contribution >= 0.6 is 11.8 Å². The highest BCUT2D eigenvalue weighted by Gasteiger charge is 2.28. The van der Waals surface area contributed by atoms with E-state index in [1.807, 2.05) is 54.5 Å². The van der Waals surface area contributed by atoms with Crippen molar-refractivity contribution in [3.05, 3.63) is 52.6 Å². The second-order valence-electron chi connectivity index (χ2n) is 7.69. The third-order valence-corrected chi connectivity index (χ3v) is 6.85. The van der Waals surface area contributed by atoms with Gasteiger partial charge in [-0.1, -0.05) is 17.8 Å². The van der Waals surface area contributed by atoms with Gasteiger partial charge in [0.2, 0.25) is 5.91 Å². The van der Waals surface area contributed by atoms with E-state index in [-0.39, 0.29) is 17.6 Å². The average Bonchev–Trinajstić information content (AvgIpc) is 3.20. The fourth-order valence-electron chi connectivity index (χ4n) is 3.92. The number of rotatable bonds is 4. The Morgan fingerprint density at radius 2 is 2.10 bits per heavy atom. The number of carbonyl (C=O) groups excluding carboxylic acids is 1. The molecule has 1 saturated heterocycles. The summed E-state index contributed by atoms with van der Waals surface area (Å²) in [5, 5.41) is 18.8. The van der Waals surface area contributed by atoms with Gasteiger partial charge in [-0.05, 0) is 56.9 Å². The van der Waals surface area contributed by atoms with Crippen molar-refractivity contribution in [3.8, 4) is 6.07 Å². The fourth-order valence-corrected chi connectivity index (χ4v) is 4.91. The summed E-state index contributed by atoms with van der Waals surface area (Å²) >= 11 is 1.35. The number of likely N-dealkylation sites (tertiary alicyclic amines) is 1. The van der Waals surface area contributed by atoms with Crippen LogP contribution in [-0.4, -0.2) is 49.2 Å². The molecule has 4 rings (SSSR count). The predicted octanol–water partition coefficient (Wildman–Crippen LogP) is 3.42. The molecule has 1 amide bonds. The van der Waals surface area contributed by atoms with E-state index in [4.69, 9.17) is 0 Å². The molecule has 0 radical (unpaired) electrons. The number of nitrogens with zero attached hydrogens (tertiary/aromatic N) is 6.